The molecule has 100 valence electrons. The van der Waals surface area contributed by atoms with Gasteiger partial charge in [0.1, 0.15) is 0 Å². The fourth-order valence-corrected chi connectivity index (χ4v) is 2.27. The van der Waals surface area contributed by atoms with E-state index in [4.69, 9.17) is 0 Å². The monoisotopic (exact) mass is 254 g/mol. The molecule has 0 atom stereocenters. The van der Waals surface area contributed by atoms with Crippen molar-refractivity contribution < 1.29 is 0 Å². The Labute approximate surface area is 115 Å². The van der Waals surface area contributed by atoms with E-state index in [1.165, 1.54) is 36.8 Å². The molecule has 0 aliphatic rings. The zero-order chi connectivity index (χ0) is 13.5. The number of unbranched alkanes of at least 4 members (excludes halogenated alkanes) is 3. The highest BCUT2D eigenvalue weighted by atomic mass is 14.8. The molecule has 0 saturated carbocycles. The summed E-state index contributed by atoms with van der Waals surface area (Å²) in [5, 5.41) is 0. The van der Waals surface area contributed by atoms with Gasteiger partial charge in [-0.2, -0.15) is 0 Å². The number of nitrogens with zero attached hydrogens (tertiary/aromatic N) is 2. The van der Waals surface area contributed by atoms with Gasteiger partial charge in [0.2, 0.25) is 0 Å². The van der Waals surface area contributed by atoms with Crippen molar-refractivity contribution in [3.63, 3.8) is 0 Å². The number of pyridine rings is 2. The Morgan fingerprint density at radius 3 is 2.68 bits per heavy atom. The second kappa shape index (κ2) is 7.03. The van der Waals surface area contributed by atoms with Crippen LogP contribution in [0.5, 0.6) is 0 Å². The van der Waals surface area contributed by atoms with Gasteiger partial charge in [0.15, 0.2) is 0 Å². The Morgan fingerprint density at radius 2 is 1.89 bits per heavy atom. The highest BCUT2D eigenvalue weighted by molar-refractivity contribution is 5.58. The normalized spacial score (nSPS) is 10.6. The van der Waals surface area contributed by atoms with E-state index in [0.29, 0.717) is 0 Å². The van der Waals surface area contributed by atoms with Gasteiger partial charge in [0.25, 0.3) is 0 Å². The molecule has 0 bridgehead atoms. The molecule has 0 aliphatic carbocycles. The largest absolute Gasteiger partial charge is 0.255 e. The molecule has 2 aromatic rings. The van der Waals surface area contributed by atoms with Crippen LogP contribution < -0.4 is 0 Å². The Bertz CT molecular complexity index is 520. The smallest absolute Gasteiger partial charge is 0.0915 e. The van der Waals surface area contributed by atoms with Gasteiger partial charge in [0.05, 0.1) is 11.4 Å². The van der Waals surface area contributed by atoms with Crippen LogP contribution in [0, 0.1) is 6.92 Å². The first-order valence-electron chi connectivity index (χ1n) is 7.18. The highest BCUT2D eigenvalue weighted by Gasteiger charge is 2.05. The number of aryl methyl sites for hydroxylation is 2. The molecule has 0 amide bonds. The first-order valence-corrected chi connectivity index (χ1v) is 7.18. The van der Waals surface area contributed by atoms with Crippen molar-refractivity contribution in [2.24, 2.45) is 0 Å². The van der Waals surface area contributed by atoms with Crippen LogP contribution in [0.15, 0.2) is 36.7 Å². The van der Waals surface area contributed by atoms with E-state index < -0.39 is 0 Å². The SMILES string of the molecule is CCCCCCc1ccnc(-c2ncccc2C)c1. The van der Waals surface area contributed by atoms with Crippen molar-refractivity contribution >= 4 is 0 Å². The third kappa shape index (κ3) is 3.88. The fourth-order valence-electron chi connectivity index (χ4n) is 2.27. The lowest BCUT2D eigenvalue weighted by Gasteiger charge is -2.06. The standard InChI is InChI=1S/C17H22N2/c1-3-4-5-6-9-15-10-12-18-16(13-15)17-14(2)8-7-11-19-17/h7-8,10-13H,3-6,9H2,1-2H3. The van der Waals surface area contributed by atoms with Gasteiger partial charge in [0, 0.05) is 12.4 Å². The van der Waals surface area contributed by atoms with E-state index in [9.17, 15) is 0 Å². The summed E-state index contributed by atoms with van der Waals surface area (Å²) in [6.07, 6.45) is 10.1. The van der Waals surface area contributed by atoms with Crippen molar-refractivity contribution in [3.05, 3.63) is 47.8 Å². The van der Waals surface area contributed by atoms with Crippen LogP contribution in [0.2, 0.25) is 0 Å². The van der Waals surface area contributed by atoms with Crippen molar-refractivity contribution in [2.75, 3.05) is 0 Å². The molecule has 2 rings (SSSR count). The maximum atomic E-state index is 4.45. The molecule has 0 spiro atoms. The molecule has 0 N–H and O–H groups in total. The summed E-state index contributed by atoms with van der Waals surface area (Å²) in [5.74, 6) is 0. The first kappa shape index (κ1) is 13.7. The van der Waals surface area contributed by atoms with Crippen molar-refractivity contribution in [2.45, 2.75) is 46.0 Å². The van der Waals surface area contributed by atoms with Gasteiger partial charge in [-0.05, 0) is 49.1 Å². The summed E-state index contributed by atoms with van der Waals surface area (Å²) < 4.78 is 0. The lowest BCUT2D eigenvalue weighted by atomic mass is 10.0. The van der Waals surface area contributed by atoms with E-state index >= 15 is 0 Å². The van der Waals surface area contributed by atoms with Gasteiger partial charge in [-0.25, -0.2) is 0 Å². The minimum Gasteiger partial charge on any atom is -0.255 e. The van der Waals surface area contributed by atoms with Crippen LogP contribution >= 0.6 is 0 Å². The summed E-state index contributed by atoms with van der Waals surface area (Å²) in [5.41, 5.74) is 4.54. The first-order chi connectivity index (χ1) is 9.31. The maximum absolute atomic E-state index is 4.45. The van der Waals surface area contributed by atoms with Gasteiger partial charge < -0.3 is 0 Å². The van der Waals surface area contributed by atoms with E-state index in [2.05, 4.69) is 42.0 Å². The molecule has 2 heteroatoms. The molecule has 0 saturated heterocycles. The van der Waals surface area contributed by atoms with Gasteiger partial charge in [-0.3, -0.25) is 9.97 Å². The van der Waals surface area contributed by atoms with E-state index in [1.54, 1.807) is 0 Å². The second-order valence-electron chi connectivity index (χ2n) is 5.03. The summed E-state index contributed by atoms with van der Waals surface area (Å²) >= 11 is 0. The lowest BCUT2D eigenvalue weighted by molar-refractivity contribution is 0.666. The molecular formula is C17H22N2. The van der Waals surface area contributed by atoms with Crippen molar-refractivity contribution in [3.8, 4) is 11.4 Å². The minimum absolute atomic E-state index is 0.992. The van der Waals surface area contributed by atoms with Crippen LogP contribution in [-0.4, -0.2) is 9.97 Å². The molecule has 0 aliphatic heterocycles. The topological polar surface area (TPSA) is 25.8 Å². The predicted molar refractivity (Wildman–Crippen MR) is 80.1 cm³/mol. The van der Waals surface area contributed by atoms with Gasteiger partial charge >= 0.3 is 0 Å². The molecular weight excluding hydrogens is 232 g/mol. The van der Waals surface area contributed by atoms with Crippen LogP contribution in [0.4, 0.5) is 0 Å². The van der Waals surface area contributed by atoms with E-state index in [1.807, 2.05) is 18.5 Å². The predicted octanol–water partition coefficient (Wildman–Crippen LogP) is 4.57. The zero-order valence-electron chi connectivity index (χ0n) is 11.9. The Balaban J connectivity index is 2.09. The molecule has 2 aromatic heterocycles. The third-order valence-electron chi connectivity index (χ3n) is 3.40. The highest BCUT2D eigenvalue weighted by Crippen LogP contribution is 2.19. The molecule has 0 aromatic carbocycles. The second-order valence-corrected chi connectivity index (χ2v) is 5.03. The average Bonchev–Trinajstić information content (AvgIpc) is 2.44. The number of hydrogen-bond acceptors (Lipinski definition) is 2. The van der Waals surface area contributed by atoms with Crippen LogP contribution in [0.3, 0.4) is 0 Å². The zero-order valence-corrected chi connectivity index (χ0v) is 11.9. The third-order valence-corrected chi connectivity index (χ3v) is 3.40. The molecule has 19 heavy (non-hydrogen) atoms. The quantitative estimate of drug-likeness (QED) is 0.705. The summed E-state index contributed by atoms with van der Waals surface area (Å²) in [6.45, 7) is 4.33. The number of aromatic nitrogens is 2. The van der Waals surface area contributed by atoms with Gasteiger partial charge in [-0.15, -0.1) is 0 Å². The number of hydrogen-bond donors (Lipinski definition) is 0. The number of rotatable bonds is 6. The molecule has 0 unspecified atom stereocenters. The molecule has 0 radical (unpaired) electrons. The Morgan fingerprint density at radius 1 is 1.00 bits per heavy atom. The average molecular weight is 254 g/mol. The summed E-state index contributed by atoms with van der Waals surface area (Å²) in [6, 6.07) is 8.35. The van der Waals surface area contributed by atoms with Crippen LogP contribution in [0.1, 0.15) is 43.7 Å². The van der Waals surface area contributed by atoms with Crippen LogP contribution in [0.25, 0.3) is 11.4 Å². The van der Waals surface area contributed by atoms with Crippen LogP contribution in [-0.2, 0) is 6.42 Å². The maximum Gasteiger partial charge on any atom is 0.0915 e. The van der Waals surface area contributed by atoms with Crippen molar-refractivity contribution in [1.82, 2.24) is 9.97 Å². The fraction of sp³-hybridized carbons (Fsp3) is 0.412. The Kier molecular flexibility index (Phi) is 5.08. The lowest BCUT2D eigenvalue weighted by Crippen LogP contribution is -1.93. The minimum atomic E-state index is 0.992. The summed E-state index contributed by atoms with van der Waals surface area (Å²) in [7, 11) is 0. The Hall–Kier alpha value is -1.70. The molecule has 0 fully saturated rings. The van der Waals surface area contributed by atoms with Gasteiger partial charge in [-0.1, -0.05) is 32.3 Å². The van der Waals surface area contributed by atoms with Crippen molar-refractivity contribution in [1.29, 1.82) is 0 Å². The van der Waals surface area contributed by atoms with E-state index in [0.717, 1.165) is 17.8 Å². The molecule has 2 nitrogen and oxygen atoms in total. The van der Waals surface area contributed by atoms with E-state index in [-0.39, 0.29) is 0 Å². The molecule has 2 heterocycles. The summed E-state index contributed by atoms with van der Waals surface area (Å²) in [4.78, 5) is 8.89.